The normalized spacial score (nSPS) is 14.7. The Morgan fingerprint density at radius 2 is 1.40 bits per heavy atom. The lowest BCUT2D eigenvalue weighted by Gasteiger charge is -1.67. The topological polar surface area (TPSA) is 61.1 Å². The van der Waals surface area contributed by atoms with Crippen LogP contribution in [0.3, 0.4) is 0 Å². The zero-order chi connectivity index (χ0) is 7.82. The monoisotopic (exact) mass is 141 g/mol. The molecule has 1 saturated carbocycles. The fraction of sp³-hybridized carbons (Fsp3) is 0.714. The van der Waals surface area contributed by atoms with Gasteiger partial charge in [0.25, 0.3) is 0 Å². The molecule has 0 bridgehead atoms. The van der Waals surface area contributed by atoms with Gasteiger partial charge in [-0.05, 0) is 0 Å². The second-order valence-corrected chi connectivity index (χ2v) is 2.18. The maximum Gasteiger partial charge on any atom is 0.408 e. The van der Waals surface area contributed by atoms with Crippen LogP contribution in [-0.2, 0) is 4.79 Å². The average Bonchev–Trinajstić information content (AvgIpc) is 2.43. The van der Waals surface area contributed by atoms with Crippen molar-refractivity contribution >= 4 is 5.97 Å². The second-order valence-electron chi connectivity index (χ2n) is 2.18. The number of carbonyl (C=O) groups is 1. The number of hydrogen-bond donors (Lipinski definition) is 1. The van der Waals surface area contributed by atoms with E-state index in [1.54, 1.807) is 0 Å². The van der Waals surface area contributed by atoms with Crippen LogP contribution in [0.5, 0.6) is 0 Å². The quantitative estimate of drug-likeness (QED) is 0.411. The fourth-order valence-corrected chi connectivity index (χ4v) is 0.884. The van der Waals surface area contributed by atoms with E-state index in [9.17, 15) is 0 Å². The van der Waals surface area contributed by atoms with Crippen LogP contribution in [0, 0.1) is 11.3 Å². The molecule has 1 aliphatic carbocycles. The molecule has 0 atom stereocenters. The molecule has 0 saturated heterocycles. The van der Waals surface area contributed by atoms with Gasteiger partial charge in [-0.15, -0.1) is 0 Å². The zero-order valence-electron chi connectivity index (χ0n) is 5.84. The Morgan fingerprint density at radius 3 is 1.50 bits per heavy atom. The zero-order valence-corrected chi connectivity index (χ0v) is 5.84. The number of aliphatic carboxylic acids is 1. The van der Waals surface area contributed by atoms with E-state index in [1.165, 1.54) is 32.1 Å². The van der Waals surface area contributed by atoms with E-state index >= 15 is 0 Å². The molecule has 0 amide bonds. The van der Waals surface area contributed by atoms with Crippen molar-refractivity contribution < 1.29 is 9.90 Å². The molecule has 56 valence electrons. The fourth-order valence-electron chi connectivity index (χ4n) is 0.884. The Morgan fingerprint density at radius 1 is 1.20 bits per heavy atom. The molecule has 10 heavy (non-hydrogen) atoms. The number of hydrogen-bond acceptors (Lipinski definition) is 2. The van der Waals surface area contributed by atoms with E-state index in [0.29, 0.717) is 0 Å². The summed E-state index contributed by atoms with van der Waals surface area (Å²) >= 11 is 0. The van der Waals surface area contributed by atoms with Crippen molar-refractivity contribution in [3.8, 4) is 6.07 Å². The lowest BCUT2D eigenvalue weighted by Crippen LogP contribution is -1.83. The van der Waals surface area contributed by atoms with E-state index in [0.717, 1.165) is 6.07 Å². The predicted molar refractivity (Wildman–Crippen MR) is 36.3 cm³/mol. The molecule has 1 fully saturated rings. The van der Waals surface area contributed by atoms with Crippen LogP contribution in [-0.4, -0.2) is 11.1 Å². The van der Waals surface area contributed by atoms with Crippen molar-refractivity contribution in [3.05, 3.63) is 0 Å². The Balaban J connectivity index is 0.000000162. The van der Waals surface area contributed by atoms with Gasteiger partial charge in [0, 0.05) is 0 Å². The van der Waals surface area contributed by atoms with Gasteiger partial charge in [0.05, 0.1) is 0 Å². The van der Waals surface area contributed by atoms with Crippen molar-refractivity contribution in [2.45, 2.75) is 32.1 Å². The van der Waals surface area contributed by atoms with E-state index in [4.69, 9.17) is 15.2 Å². The molecule has 0 heterocycles. The molecular formula is C7H11NO2. The molecule has 3 heteroatoms. The first-order valence-corrected chi connectivity index (χ1v) is 3.40. The van der Waals surface area contributed by atoms with Crippen molar-refractivity contribution in [2.75, 3.05) is 0 Å². The summed E-state index contributed by atoms with van der Waals surface area (Å²) in [6.07, 6.45) is 7.50. The van der Waals surface area contributed by atoms with Gasteiger partial charge < -0.3 is 5.11 Å². The van der Waals surface area contributed by atoms with E-state index in [2.05, 4.69) is 0 Å². The number of nitrogens with zero attached hydrogens (tertiary/aromatic N) is 1. The van der Waals surface area contributed by atoms with Crippen LogP contribution in [0.2, 0.25) is 0 Å². The lowest BCUT2D eigenvalue weighted by molar-refractivity contribution is -0.130. The molecule has 0 unspecified atom stereocenters. The summed E-state index contributed by atoms with van der Waals surface area (Å²) in [6, 6.07) is 0.944. The van der Waals surface area contributed by atoms with Crippen LogP contribution in [0.1, 0.15) is 32.1 Å². The molecule has 1 N–H and O–H groups in total. The molecule has 0 aromatic carbocycles. The molecule has 1 aliphatic rings. The Labute approximate surface area is 60.3 Å². The minimum atomic E-state index is -1.44. The van der Waals surface area contributed by atoms with Crippen molar-refractivity contribution in [2.24, 2.45) is 0 Å². The highest BCUT2D eigenvalue weighted by Gasteiger charge is 1.95. The summed E-state index contributed by atoms with van der Waals surface area (Å²) < 4.78 is 0. The Bertz CT molecular complexity index is 125. The summed E-state index contributed by atoms with van der Waals surface area (Å²) in [4.78, 5) is 9.01. The largest absolute Gasteiger partial charge is 0.470 e. The smallest absolute Gasteiger partial charge is 0.408 e. The van der Waals surface area contributed by atoms with Gasteiger partial charge in [0.1, 0.15) is 0 Å². The van der Waals surface area contributed by atoms with Gasteiger partial charge in [-0.2, -0.15) is 5.26 Å². The van der Waals surface area contributed by atoms with Crippen molar-refractivity contribution in [1.29, 1.82) is 5.26 Å². The first kappa shape index (κ1) is 8.96. The molecule has 3 nitrogen and oxygen atoms in total. The molecule has 0 aromatic rings. The summed E-state index contributed by atoms with van der Waals surface area (Å²) in [5.41, 5.74) is 0. The third-order valence-electron chi connectivity index (χ3n) is 1.35. The first-order chi connectivity index (χ1) is 4.77. The highest BCUT2D eigenvalue weighted by atomic mass is 16.4. The maximum atomic E-state index is 9.01. The molecule has 0 spiro atoms. The predicted octanol–water partition coefficient (Wildman–Crippen LogP) is 1.55. The van der Waals surface area contributed by atoms with E-state index in [1.807, 2.05) is 0 Å². The van der Waals surface area contributed by atoms with Crippen LogP contribution in [0.15, 0.2) is 0 Å². The first-order valence-electron chi connectivity index (χ1n) is 3.40. The molecule has 0 aromatic heterocycles. The summed E-state index contributed by atoms with van der Waals surface area (Å²) in [5.74, 6) is -1.44. The summed E-state index contributed by atoms with van der Waals surface area (Å²) in [7, 11) is 0. The van der Waals surface area contributed by atoms with E-state index < -0.39 is 5.97 Å². The van der Waals surface area contributed by atoms with Gasteiger partial charge in [0.15, 0.2) is 6.07 Å². The van der Waals surface area contributed by atoms with Gasteiger partial charge in [-0.3, -0.25) is 0 Å². The number of rotatable bonds is 0. The highest BCUT2D eigenvalue weighted by molar-refractivity contribution is 5.83. The minimum Gasteiger partial charge on any atom is -0.470 e. The summed E-state index contributed by atoms with van der Waals surface area (Å²) in [5, 5.41) is 14.7. The van der Waals surface area contributed by atoms with Gasteiger partial charge >= 0.3 is 5.97 Å². The Hall–Kier alpha value is -1.04. The van der Waals surface area contributed by atoms with Crippen LogP contribution in [0.4, 0.5) is 0 Å². The molecule has 1 rings (SSSR count). The number of carboxylic acids is 1. The van der Waals surface area contributed by atoms with Crippen molar-refractivity contribution in [1.82, 2.24) is 0 Å². The average molecular weight is 141 g/mol. The number of carboxylic acid groups (broad SMARTS) is 1. The highest BCUT2D eigenvalue weighted by Crippen LogP contribution is 2.15. The van der Waals surface area contributed by atoms with Crippen LogP contribution >= 0.6 is 0 Å². The molecule has 0 radical (unpaired) electrons. The standard InChI is InChI=1S/C5H10.C2HNO2/c1-2-4-5-3-1;3-1-2(4)5/h1-5H2;(H,4,5). The lowest BCUT2D eigenvalue weighted by atomic mass is 10.4. The second kappa shape index (κ2) is 6.09. The minimum absolute atomic E-state index is 0.944. The van der Waals surface area contributed by atoms with Crippen molar-refractivity contribution in [3.63, 3.8) is 0 Å². The van der Waals surface area contributed by atoms with Gasteiger partial charge in [-0.25, -0.2) is 4.79 Å². The summed E-state index contributed by atoms with van der Waals surface area (Å²) in [6.45, 7) is 0. The van der Waals surface area contributed by atoms with Crippen LogP contribution in [0.25, 0.3) is 0 Å². The third kappa shape index (κ3) is 6.96. The van der Waals surface area contributed by atoms with Gasteiger partial charge in [-0.1, -0.05) is 32.1 Å². The SMILES string of the molecule is C1CCCC1.N#CC(=O)O. The molecular weight excluding hydrogens is 130 g/mol. The van der Waals surface area contributed by atoms with E-state index in [-0.39, 0.29) is 0 Å². The molecule has 0 aliphatic heterocycles. The van der Waals surface area contributed by atoms with Crippen LogP contribution < -0.4 is 0 Å². The Kier molecular flexibility index (Phi) is 5.45. The maximum absolute atomic E-state index is 9.01. The third-order valence-corrected chi connectivity index (χ3v) is 1.35. The number of nitriles is 1. The van der Waals surface area contributed by atoms with Gasteiger partial charge in [0.2, 0.25) is 0 Å².